The number of rotatable bonds is 6. The molecule has 0 atom stereocenters. The highest BCUT2D eigenvalue weighted by Gasteiger charge is 2.20. The maximum atomic E-state index is 4.40. The number of hydrogen-bond donors (Lipinski definition) is 1. The first kappa shape index (κ1) is 21.3. The van der Waals surface area contributed by atoms with Crippen LogP contribution in [0.3, 0.4) is 0 Å². The fourth-order valence-electron chi connectivity index (χ4n) is 2.86. The molecule has 0 fully saturated rings. The van der Waals surface area contributed by atoms with E-state index in [4.69, 9.17) is 0 Å². The molecule has 0 unspecified atom stereocenters. The van der Waals surface area contributed by atoms with Gasteiger partial charge in [-0.2, -0.15) is 0 Å². The number of hydrogen-bond acceptors (Lipinski definition) is 1. The highest BCUT2D eigenvalue weighted by molar-refractivity contribution is 14.0. The summed E-state index contributed by atoms with van der Waals surface area (Å²) in [5, 5.41) is 3.51. The number of aliphatic imine (C=N–C) groups is 1. The third kappa shape index (κ3) is 7.03. The molecule has 0 saturated heterocycles. The molecule has 0 aliphatic heterocycles. The number of aryl methyl sites for hydroxylation is 1. The van der Waals surface area contributed by atoms with E-state index in [0.29, 0.717) is 5.92 Å². The number of guanidine groups is 1. The van der Waals surface area contributed by atoms with E-state index in [2.05, 4.69) is 79.9 Å². The van der Waals surface area contributed by atoms with E-state index in [-0.39, 0.29) is 29.4 Å². The van der Waals surface area contributed by atoms with Crippen LogP contribution in [-0.4, -0.2) is 36.1 Å². The molecule has 1 N–H and O–H groups in total. The lowest BCUT2D eigenvalue weighted by Crippen LogP contribution is -2.43. The molecule has 5 heteroatoms. The predicted octanol–water partition coefficient (Wildman–Crippen LogP) is 3.72. The number of aromatic nitrogens is 1. The fourth-order valence-corrected chi connectivity index (χ4v) is 2.86. The Morgan fingerprint density at radius 2 is 2.05 bits per heavy atom. The Morgan fingerprint density at radius 1 is 1.41 bits per heavy atom. The molecule has 0 aliphatic carbocycles. The summed E-state index contributed by atoms with van der Waals surface area (Å²) in [4.78, 5) is 6.57. The minimum absolute atomic E-state index is 0. The minimum atomic E-state index is 0. The number of nitrogens with one attached hydrogen (secondary N) is 1. The largest absolute Gasteiger partial charge is 0.356 e. The van der Waals surface area contributed by atoms with Crippen LogP contribution in [0, 0.1) is 11.3 Å². The smallest absolute Gasteiger partial charge is 0.193 e. The lowest BCUT2D eigenvalue weighted by molar-refractivity contribution is 0.282. The standard InChI is InChI=1S/C17H32N4.HI/c1-14(2)11-17(3,4)13-19-16(18-5)21(7)12-15-9-8-10-20(15)6;/h8-10,14H,11-13H2,1-7H3,(H,18,19);1H. The third-order valence-electron chi connectivity index (χ3n) is 3.71. The van der Waals surface area contributed by atoms with Gasteiger partial charge in [0, 0.05) is 39.6 Å². The maximum absolute atomic E-state index is 4.40. The molecule has 0 aromatic carbocycles. The Labute approximate surface area is 153 Å². The van der Waals surface area contributed by atoms with E-state index in [0.717, 1.165) is 19.0 Å². The van der Waals surface area contributed by atoms with E-state index in [9.17, 15) is 0 Å². The molecule has 0 radical (unpaired) electrons. The van der Waals surface area contributed by atoms with Gasteiger partial charge in [0.2, 0.25) is 0 Å². The van der Waals surface area contributed by atoms with Crippen molar-refractivity contribution in [1.82, 2.24) is 14.8 Å². The van der Waals surface area contributed by atoms with Gasteiger partial charge in [-0.3, -0.25) is 4.99 Å². The summed E-state index contributed by atoms with van der Waals surface area (Å²) in [6.07, 6.45) is 3.28. The van der Waals surface area contributed by atoms with Crippen LogP contribution in [0.25, 0.3) is 0 Å². The van der Waals surface area contributed by atoms with Crippen molar-refractivity contribution in [1.29, 1.82) is 0 Å². The summed E-state index contributed by atoms with van der Waals surface area (Å²) >= 11 is 0. The molecular formula is C17H33IN4. The molecule has 0 amide bonds. The van der Waals surface area contributed by atoms with Crippen LogP contribution in [0.4, 0.5) is 0 Å². The Balaban J connectivity index is 0.00000441. The van der Waals surface area contributed by atoms with Gasteiger partial charge in [0.1, 0.15) is 0 Å². The zero-order chi connectivity index (χ0) is 16.0. The van der Waals surface area contributed by atoms with Gasteiger partial charge in [0.15, 0.2) is 5.96 Å². The molecule has 0 spiro atoms. The van der Waals surface area contributed by atoms with Crippen LogP contribution in [-0.2, 0) is 13.6 Å². The average Bonchev–Trinajstić information content (AvgIpc) is 2.74. The van der Waals surface area contributed by atoms with Gasteiger partial charge in [-0.1, -0.05) is 27.7 Å². The molecular weight excluding hydrogens is 387 g/mol. The molecule has 1 aromatic rings. The Kier molecular flexibility index (Phi) is 9.12. The van der Waals surface area contributed by atoms with Crippen molar-refractivity contribution in [2.24, 2.45) is 23.4 Å². The number of nitrogens with zero attached hydrogens (tertiary/aromatic N) is 3. The second kappa shape index (κ2) is 9.43. The molecule has 0 bridgehead atoms. The van der Waals surface area contributed by atoms with Crippen molar-refractivity contribution in [3.8, 4) is 0 Å². The molecule has 0 aliphatic rings. The quantitative estimate of drug-likeness (QED) is 0.432. The van der Waals surface area contributed by atoms with E-state index in [1.54, 1.807) is 0 Å². The third-order valence-corrected chi connectivity index (χ3v) is 3.71. The van der Waals surface area contributed by atoms with Crippen molar-refractivity contribution in [3.05, 3.63) is 24.0 Å². The van der Waals surface area contributed by atoms with Crippen LogP contribution in [0.5, 0.6) is 0 Å². The van der Waals surface area contributed by atoms with Gasteiger partial charge in [-0.05, 0) is 29.9 Å². The van der Waals surface area contributed by atoms with Crippen molar-refractivity contribution >= 4 is 29.9 Å². The molecule has 0 saturated carbocycles. The second-order valence-corrected chi connectivity index (χ2v) is 7.13. The average molecular weight is 420 g/mol. The van der Waals surface area contributed by atoms with Crippen LogP contribution in [0.1, 0.15) is 39.8 Å². The van der Waals surface area contributed by atoms with Gasteiger partial charge in [0.25, 0.3) is 0 Å². The lowest BCUT2D eigenvalue weighted by atomic mass is 9.84. The van der Waals surface area contributed by atoms with E-state index in [1.165, 1.54) is 12.1 Å². The Bertz CT molecular complexity index is 463. The van der Waals surface area contributed by atoms with Crippen LogP contribution in [0.2, 0.25) is 0 Å². The zero-order valence-electron chi connectivity index (χ0n) is 15.2. The van der Waals surface area contributed by atoms with Gasteiger partial charge >= 0.3 is 0 Å². The topological polar surface area (TPSA) is 32.6 Å². The molecule has 1 aromatic heterocycles. The summed E-state index contributed by atoms with van der Waals surface area (Å²) in [6.45, 7) is 11.0. The van der Waals surface area contributed by atoms with Crippen LogP contribution in [0.15, 0.2) is 23.3 Å². The molecule has 4 nitrogen and oxygen atoms in total. The van der Waals surface area contributed by atoms with Crippen molar-refractivity contribution in [2.75, 3.05) is 20.6 Å². The van der Waals surface area contributed by atoms with E-state index >= 15 is 0 Å². The molecule has 1 heterocycles. The minimum Gasteiger partial charge on any atom is -0.356 e. The highest BCUT2D eigenvalue weighted by atomic mass is 127. The van der Waals surface area contributed by atoms with Crippen LogP contribution >= 0.6 is 24.0 Å². The maximum Gasteiger partial charge on any atom is 0.193 e. The monoisotopic (exact) mass is 420 g/mol. The first-order valence-electron chi connectivity index (χ1n) is 7.77. The zero-order valence-corrected chi connectivity index (χ0v) is 17.5. The second-order valence-electron chi connectivity index (χ2n) is 7.13. The normalized spacial score (nSPS) is 12.3. The summed E-state index contributed by atoms with van der Waals surface area (Å²) < 4.78 is 2.15. The van der Waals surface area contributed by atoms with Gasteiger partial charge in [-0.25, -0.2) is 0 Å². The lowest BCUT2D eigenvalue weighted by Gasteiger charge is -2.30. The van der Waals surface area contributed by atoms with Crippen molar-refractivity contribution in [3.63, 3.8) is 0 Å². The van der Waals surface area contributed by atoms with E-state index < -0.39 is 0 Å². The Hall–Kier alpha value is -0.720. The SMILES string of the molecule is CN=C(NCC(C)(C)CC(C)C)N(C)Cc1cccn1C.I. The predicted molar refractivity (Wildman–Crippen MR) is 107 cm³/mol. The fraction of sp³-hybridized carbons (Fsp3) is 0.706. The first-order valence-corrected chi connectivity index (χ1v) is 7.77. The highest BCUT2D eigenvalue weighted by Crippen LogP contribution is 2.24. The molecule has 128 valence electrons. The van der Waals surface area contributed by atoms with Gasteiger partial charge in [-0.15, -0.1) is 24.0 Å². The number of halogens is 1. The van der Waals surface area contributed by atoms with Crippen LogP contribution < -0.4 is 5.32 Å². The summed E-state index contributed by atoms with van der Waals surface area (Å²) in [6, 6.07) is 4.22. The Morgan fingerprint density at radius 3 is 2.50 bits per heavy atom. The molecule has 22 heavy (non-hydrogen) atoms. The van der Waals surface area contributed by atoms with Gasteiger partial charge < -0.3 is 14.8 Å². The van der Waals surface area contributed by atoms with Crippen molar-refractivity contribution < 1.29 is 0 Å². The van der Waals surface area contributed by atoms with Crippen molar-refractivity contribution in [2.45, 2.75) is 40.7 Å². The summed E-state index contributed by atoms with van der Waals surface area (Å²) in [7, 11) is 6.00. The first-order chi connectivity index (χ1) is 9.75. The van der Waals surface area contributed by atoms with E-state index in [1.807, 2.05) is 7.05 Å². The molecule has 1 rings (SSSR count). The van der Waals surface area contributed by atoms with Gasteiger partial charge in [0.05, 0.1) is 6.54 Å². The summed E-state index contributed by atoms with van der Waals surface area (Å²) in [5.41, 5.74) is 1.55. The summed E-state index contributed by atoms with van der Waals surface area (Å²) in [5.74, 6) is 1.66.